The van der Waals surface area contributed by atoms with Crippen LogP contribution in [0.25, 0.3) is 10.9 Å². The quantitative estimate of drug-likeness (QED) is 0.896. The molecule has 2 heterocycles. The Labute approximate surface area is 128 Å². The Morgan fingerprint density at radius 3 is 3.05 bits per heavy atom. The number of fused-ring (bicyclic) bond motifs is 1. The summed E-state index contributed by atoms with van der Waals surface area (Å²) >= 11 is 6.17. The lowest BCUT2D eigenvalue weighted by molar-refractivity contribution is 0.154. The fourth-order valence-corrected chi connectivity index (χ4v) is 3.13. The van der Waals surface area contributed by atoms with Gasteiger partial charge in [-0.15, -0.1) is 0 Å². The van der Waals surface area contributed by atoms with Gasteiger partial charge in [0.05, 0.1) is 16.6 Å². The van der Waals surface area contributed by atoms with Gasteiger partial charge >= 0.3 is 0 Å². The number of aromatic nitrogens is 1. The van der Waals surface area contributed by atoms with Gasteiger partial charge in [-0.1, -0.05) is 17.7 Å². The molecule has 1 fully saturated rings. The number of halogens is 1. The van der Waals surface area contributed by atoms with Gasteiger partial charge in [0.1, 0.15) is 0 Å². The number of benzene rings is 1. The maximum atomic E-state index is 12.2. The van der Waals surface area contributed by atoms with Gasteiger partial charge in [-0.2, -0.15) is 0 Å². The Hall–Kier alpha value is -1.36. The normalized spacial score (nSPS) is 20.6. The molecule has 4 nitrogen and oxygen atoms in total. The Morgan fingerprint density at radius 1 is 1.33 bits per heavy atom. The highest BCUT2D eigenvalue weighted by Gasteiger charge is 2.15. The van der Waals surface area contributed by atoms with Crippen molar-refractivity contribution in [2.75, 3.05) is 13.1 Å². The molecule has 1 saturated heterocycles. The lowest BCUT2D eigenvalue weighted by Gasteiger charge is -2.20. The zero-order valence-corrected chi connectivity index (χ0v) is 12.6. The largest absolute Gasteiger partial charge is 0.393 e. The third-order valence-corrected chi connectivity index (χ3v) is 4.37. The summed E-state index contributed by atoms with van der Waals surface area (Å²) < 4.78 is 0. The Bertz CT molecular complexity index is 698. The second-order valence-electron chi connectivity index (χ2n) is 5.68. The monoisotopic (exact) mass is 306 g/mol. The highest BCUT2D eigenvalue weighted by Crippen LogP contribution is 2.20. The number of rotatable bonds is 2. The zero-order chi connectivity index (χ0) is 14.8. The van der Waals surface area contributed by atoms with Crippen LogP contribution in [0.5, 0.6) is 0 Å². The van der Waals surface area contributed by atoms with Crippen molar-refractivity contribution >= 4 is 22.5 Å². The van der Waals surface area contributed by atoms with Crippen LogP contribution >= 0.6 is 11.6 Å². The lowest BCUT2D eigenvalue weighted by atomic mass is 10.2. The number of H-pyrrole nitrogens is 1. The van der Waals surface area contributed by atoms with Crippen LogP contribution in [-0.4, -0.2) is 34.2 Å². The highest BCUT2D eigenvalue weighted by atomic mass is 35.5. The molecule has 0 spiro atoms. The van der Waals surface area contributed by atoms with Gasteiger partial charge in [0.15, 0.2) is 5.43 Å². The Balaban J connectivity index is 1.87. The van der Waals surface area contributed by atoms with E-state index < -0.39 is 0 Å². The van der Waals surface area contributed by atoms with Gasteiger partial charge in [-0.3, -0.25) is 9.69 Å². The van der Waals surface area contributed by atoms with Gasteiger partial charge in [-0.05, 0) is 37.9 Å². The van der Waals surface area contributed by atoms with Crippen LogP contribution in [0.2, 0.25) is 5.02 Å². The summed E-state index contributed by atoms with van der Waals surface area (Å²) in [5.74, 6) is 0. The van der Waals surface area contributed by atoms with Gasteiger partial charge in [-0.25, -0.2) is 0 Å². The fraction of sp³-hybridized carbons (Fsp3) is 0.438. The van der Waals surface area contributed by atoms with E-state index in [1.165, 1.54) is 0 Å². The van der Waals surface area contributed by atoms with Crippen LogP contribution in [0.15, 0.2) is 29.1 Å². The first kappa shape index (κ1) is 14.6. The van der Waals surface area contributed by atoms with Crippen molar-refractivity contribution in [3.05, 3.63) is 45.2 Å². The van der Waals surface area contributed by atoms with Crippen molar-refractivity contribution in [3.8, 4) is 0 Å². The molecule has 0 bridgehead atoms. The molecule has 0 amide bonds. The molecular weight excluding hydrogens is 288 g/mol. The van der Waals surface area contributed by atoms with Crippen LogP contribution in [0.4, 0.5) is 0 Å². The van der Waals surface area contributed by atoms with E-state index in [1.54, 1.807) is 24.3 Å². The summed E-state index contributed by atoms with van der Waals surface area (Å²) in [7, 11) is 0. The number of para-hydroxylation sites is 1. The van der Waals surface area contributed by atoms with Crippen LogP contribution in [-0.2, 0) is 6.54 Å². The number of hydrogen-bond donors (Lipinski definition) is 2. The number of aliphatic hydroxyl groups excluding tert-OH is 1. The first-order valence-electron chi connectivity index (χ1n) is 7.34. The van der Waals surface area contributed by atoms with E-state index in [9.17, 15) is 9.90 Å². The third-order valence-electron chi connectivity index (χ3n) is 4.05. The van der Waals surface area contributed by atoms with Crippen LogP contribution in [0.1, 0.15) is 25.0 Å². The molecular formula is C16H19ClN2O2. The van der Waals surface area contributed by atoms with Crippen molar-refractivity contribution < 1.29 is 5.11 Å². The number of hydrogen-bond acceptors (Lipinski definition) is 3. The van der Waals surface area contributed by atoms with E-state index in [1.807, 2.05) is 0 Å². The van der Waals surface area contributed by atoms with Gasteiger partial charge in [0.25, 0.3) is 0 Å². The van der Waals surface area contributed by atoms with E-state index in [0.29, 0.717) is 22.5 Å². The average Bonchev–Trinajstić information content (AvgIpc) is 2.65. The number of likely N-dealkylation sites (tertiary alicyclic amines) is 1. The molecule has 2 N–H and O–H groups in total. The van der Waals surface area contributed by atoms with Crippen molar-refractivity contribution in [3.63, 3.8) is 0 Å². The number of aromatic amines is 1. The molecule has 1 atom stereocenters. The third kappa shape index (κ3) is 3.28. The van der Waals surface area contributed by atoms with E-state index >= 15 is 0 Å². The fourth-order valence-electron chi connectivity index (χ4n) is 2.91. The standard InChI is InChI=1S/C16H19ClN2O2/c17-14-5-1-4-13-15(21)9-11(18-16(13)14)10-19-7-2-3-12(20)6-8-19/h1,4-5,9,12,20H,2-3,6-8,10H2,(H,18,21). The van der Waals surface area contributed by atoms with Crippen LogP contribution in [0.3, 0.4) is 0 Å². The molecule has 0 saturated carbocycles. The zero-order valence-electron chi connectivity index (χ0n) is 11.8. The van der Waals surface area contributed by atoms with Crippen molar-refractivity contribution in [1.29, 1.82) is 0 Å². The molecule has 112 valence electrons. The van der Waals surface area contributed by atoms with E-state index in [4.69, 9.17) is 11.6 Å². The van der Waals surface area contributed by atoms with E-state index in [-0.39, 0.29) is 11.5 Å². The minimum Gasteiger partial charge on any atom is -0.393 e. The summed E-state index contributed by atoms with van der Waals surface area (Å²) in [6.07, 6.45) is 2.44. The minimum absolute atomic E-state index is 0.00360. The van der Waals surface area contributed by atoms with Gasteiger partial charge < -0.3 is 10.1 Å². The molecule has 1 unspecified atom stereocenters. The van der Waals surface area contributed by atoms with Crippen molar-refractivity contribution in [2.45, 2.75) is 31.9 Å². The Kier molecular flexibility index (Phi) is 4.29. The second-order valence-corrected chi connectivity index (χ2v) is 6.09. The SMILES string of the molecule is O=c1cc(CN2CCCC(O)CC2)[nH]c2c(Cl)cccc12. The predicted octanol–water partition coefficient (Wildman–Crippen LogP) is 2.53. The topological polar surface area (TPSA) is 56.3 Å². The highest BCUT2D eigenvalue weighted by molar-refractivity contribution is 6.35. The lowest BCUT2D eigenvalue weighted by Crippen LogP contribution is -2.25. The summed E-state index contributed by atoms with van der Waals surface area (Å²) in [5.41, 5.74) is 1.57. The molecule has 0 radical (unpaired) electrons. The summed E-state index contributed by atoms with van der Waals surface area (Å²) in [6.45, 7) is 2.48. The maximum absolute atomic E-state index is 12.2. The second kappa shape index (κ2) is 6.18. The first-order valence-corrected chi connectivity index (χ1v) is 7.72. The molecule has 1 aromatic heterocycles. The smallest absolute Gasteiger partial charge is 0.189 e. The van der Waals surface area contributed by atoms with Crippen molar-refractivity contribution in [2.24, 2.45) is 0 Å². The van der Waals surface area contributed by atoms with Gasteiger partial charge in [0, 0.05) is 30.2 Å². The maximum Gasteiger partial charge on any atom is 0.189 e. The molecule has 21 heavy (non-hydrogen) atoms. The summed E-state index contributed by atoms with van der Waals surface area (Å²) in [4.78, 5) is 17.7. The molecule has 5 heteroatoms. The molecule has 1 aliphatic rings. The average molecular weight is 307 g/mol. The van der Waals surface area contributed by atoms with Crippen LogP contribution < -0.4 is 5.43 Å². The first-order chi connectivity index (χ1) is 10.1. The molecule has 1 aromatic carbocycles. The Morgan fingerprint density at radius 2 is 2.19 bits per heavy atom. The number of aliphatic hydroxyl groups is 1. The molecule has 0 aliphatic carbocycles. The minimum atomic E-state index is -0.194. The predicted molar refractivity (Wildman–Crippen MR) is 84.7 cm³/mol. The molecule has 3 rings (SSSR count). The van der Waals surface area contributed by atoms with Crippen LogP contribution in [0, 0.1) is 0 Å². The van der Waals surface area contributed by atoms with Gasteiger partial charge in [0.2, 0.25) is 0 Å². The van der Waals surface area contributed by atoms with E-state index in [0.717, 1.165) is 38.0 Å². The molecule has 2 aromatic rings. The summed E-state index contributed by atoms with van der Waals surface area (Å²) in [5, 5.41) is 10.9. The van der Waals surface area contributed by atoms with Crippen molar-refractivity contribution in [1.82, 2.24) is 9.88 Å². The number of nitrogens with zero attached hydrogens (tertiary/aromatic N) is 1. The van der Waals surface area contributed by atoms with E-state index in [2.05, 4.69) is 9.88 Å². The number of pyridine rings is 1. The number of nitrogens with one attached hydrogen (secondary N) is 1. The molecule has 1 aliphatic heterocycles. The summed E-state index contributed by atoms with van der Waals surface area (Å²) in [6, 6.07) is 7.01.